The van der Waals surface area contributed by atoms with Gasteiger partial charge in [0.25, 0.3) is 0 Å². The predicted molar refractivity (Wildman–Crippen MR) is 127 cm³/mol. The number of hydrogen-bond donors (Lipinski definition) is 0. The van der Waals surface area contributed by atoms with Gasteiger partial charge in [-0.05, 0) is 30.3 Å². The van der Waals surface area contributed by atoms with Crippen LogP contribution in [-0.4, -0.2) is 31.4 Å². The van der Waals surface area contributed by atoms with E-state index in [9.17, 15) is 4.79 Å². The molecule has 0 radical (unpaired) electrons. The molecule has 0 saturated heterocycles. The molecule has 0 bridgehead atoms. The maximum Gasteiger partial charge on any atom is 0.240 e. The van der Waals surface area contributed by atoms with Crippen LogP contribution in [-0.2, 0) is 4.79 Å². The van der Waals surface area contributed by atoms with Gasteiger partial charge in [0.15, 0.2) is 0 Å². The van der Waals surface area contributed by atoms with E-state index in [2.05, 4.69) is 26.0 Å². The first-order valence-corrected chi connectivity index (χ1v) is 11.1. The summed E-state index contributed by atoms with van der Waals surface area (Å²) in [7, 11) is 0. The van der Waals surface area contributed by atoms with Crippen LogP contribution < -0.4 is 0 Å². The van der Waals surface area contributed by atoms with Crippen LogP contribution in [0.25, 0.3) is 16.9 Å². The number of carbonyl (C=O) groups is 1. The lowest BCUT2D eigenvalue weighted by molar-refractivity contribution is -0.130. The number of benzene rings is 2. The lowest BCUT2D eigenvalue weighted by Gasteiger charge is -2.20. The first-order valence-electron chi connectivity index (χ1n) is 10.3. The van der Waals surface area contributed by atoms with Crippen LogP contribution >= 0.6 is 15.9 Å². The highest BCUT2D eigenvalue weighted by atomic mass is 79.9. The molecule has 0 aliphatic carbocycles. The zero-order valence-corrected chi connectivity index (χ0v) is 19.0. The van der Waals surface area contributed by atoms with Gasteiger partial charge < -0.3 is 0 Å². The highest BCUT2D eigenvalue weighted by Gasteiger charge is 2.34. The summed E-state index contributed by atoms with van der Waals surface area (Å²) in [4.78, 5) is 16.8. The molecular weight excluding hydrogens is 466 g/mol. The van der Waals surface area contributed by atoms with Crippen molar-refractivity contribution < 1.29 is 4.79 Å². The second-order valence-electron chi connectivity index (χ2n) is 7.59. The highest BCUT2D eigenvalue weighted by molar-refractivity contribution is 9.10. The number of hydrogen-bond acceptors (Lipinski definition) is 4. The summed E-state index contributed by atoms with van der Waals surface area (Å²) in [5.74, 6) is -0.108. The van der Waals surface area contributed by atoms with Gasteiger partial charge in [0, 0.05) is 53.1 Å². The summed E-state index contributed by atoms with van der Waals surface area (Å²) in [6.07, 6.45) is 6.11. The van der Waals surface area contributed by atoms with E-state index < -0.39 is 0 Å². The van der Waals surface area contributed by atoms with Crippen LogP contribution in [0.3, 0.4) is 0 Å². The fourth-order valence-corrected chi connectivity index (χ4v) is 4.19. The van der Waals surface area contributed by atoms with Gasteiger partial charge in [-0.15, -0.1) is 0 Å². The molecular formula is C25H20BrN5O. The summed E-state index contributed by atoms with van der Waals surface area (Å²) in [6, 6.07) is 21.6. The second kappa shape index (κ2) is 8.51. The van der Waals surface area contributed by atoms with Crippen molar-refractivity contribution in [3.8, 4) is 16.9 Å². The summed E-state index contributed by atoms with van der Waals surface area (Å²) < 4.78 is 2.87. The predicted octanol–water partition coefficient (Wildman–Crippen LogP) is 5.39. The lowest BCUT2D eigenvalue weighted by atomic mass is 9.97. The van der Waals surface area contributed by atoms with Gasteiger partial charge in [-0.1, -0.05) is 52.3 Å². The Morgan fingerprint density at radius 3 is 2.47 bits per heavy atom. The Labute approximate surface area is 194 Å². The molecule has 2 aromatic heterocycles. The molecule has 1 unspecified atom stereocenters. The van der Waals surface area contributed by atoms with Gasteiger partial charge in [-0.25, -0.2) is 9.69 Å². The number of rotatable bonds is 4. The number of amides is 1. The SMILES string of the molecule is CC(=O)N1N=C(c2cccnc2)CC1c1cn(-c2ccccc2)nc1-c1ccc(Br)cc1. The first-order chi connectivity index (χ1) is 15.6. The Morgan fingerprint density at radius 2 is 1.78 bits per heavy atom. The van der Waals surface area contributed by atoms with Crippen molar-refractivity contribution in [2.24, 2.45) is 5.10 Å². The van der Waals surface area contributed by atoms with Crippen molar-refractivity contribution in [2.45, 2.75) is 19.4 Å². The molecule has 1 aliphatic rings. The summed E-state index contributed by atoms with van der Waals surface area (Å²) in [6.45, 7) is 1.55. The molecule has 0 fully saturated rings. The molecule has 2 aromatic carbocycles. The third kappa shape index (κ3) is 3.87. The molecule has 1 aliphatic heterocycles. The van der Waals surface area contributed by atoms with Crippen LogP contribution in [0.4, 0.5) is 0 Å². The Hall–Kier alpha value is -3.58. The second-order valence-corrected chi connectivity index (χ2v) is 8.51. The van der Waals surface area contributed by atoms with Crippen molar-refractivity contribution in [1.82, 2.24) is 19.8 Å². The van der Waals surface area contributed by atoms with Crippen molar-refractivity contribution >= 4 is 27.5 Å². The molecule has 32 heavy (non-hydrogen) atoms. The average molecular weight is 486 g/mol. The summed E-state index contributed by atoms with van der Waals surface area (Å²) >= 11 is 3.50. The minimum Gasteiger partial charge on any atom is -0.273 e. The largest absolute Gasteiger partial charge is 0.273 e. The number of hydrazone groups is 1. The molecule has 5 rings (SSSR count). The monoisotopic (exact) mass is 485 g/mol. The number of pyridine rings is 1. The minimum absolute atomic E-state index is 0.108. The number of para-hydroxylation sites is 1. The van der Waals surface area contributed by atoms with E-state index in [4.69, 9.17) is 5.10 Å². The van der Waals surface area contributed by atoms with Gasteiger partial charge in [-0.3, -0.25) is 9.78 Å². The van der Waals surface area contributed by atoms with Gasteiger partial charge in [-0.2, -0.15) is 10.2 Å². The zero-order valence-electron chi connectivity index (χ0n) is 17.4. The van der Waals surface area contributed by atoms with Gasteiger partial charge >= 0.3 is 0 Å². The topological polar surface area (TPSA) is 63.4 Å². The molecule has 1 atom stereocenters. The van der Waals surface area contributed by atoms with Gasteiger partial charge in [0.05, 0.1) is 23.1 Å². The Kier molecular flexibility index (Phi) is 5.41. The Bertz CT molecular complexity index is 1280. The molecule has 158 valence electrons. The number of halogens is 1. The Balaban J connectivity index is 1.62. The quantitative estimate of drug-likeness (QED) is 0.389. The molecule has 7 heteroatoms. The van der Waals surface area contributed by atoms with E-state index >= 15 is 0 Å². The smallest absolute Gasteiger partial charge is 0.240 e. The van der Waals surface area contributed by atoms with Crippen molar-refractivity contribution in [2.75, 3.05) is 0 Å². The minimum atomic E-state index is -0.251. The number of nitrogens with zero attached hydrogens (tertiary/aromatic N) is 5. The van der Waals surface area contributed by atoms with Crippen LogP contribution in [0.15, 0.2) is 94.9 Å². The molecule has 0 spiro atoms. The maximum atomic E-state index is 12.5. The average Bonchev–Trinajstić information content (AvgIpc) is 3.46. The fourth-order valence-electron chi connectivity index (χ4n) is 3.93. The first kappa shape index (κ1) is 20.3. The van der Waals surface area contributed by atoms with Crippen LogP contribution in [0.2, 0.25) is 0 Å². The molecule has 1 amide bonds. The van der Waals surface area contributed by atoms with Crippen molar-refractivity contribution in [3.05, 3.63) is 101 Å². The zero-order chi connectivity index (χ0) is 22.1. The van der Waals surface area contributed by atoms with E-state index in [0.29, 0.717) is 6.42 Å². The maximum absolute atomic E-state index is 12.5. The normalized spacial score (nSPS) is 15.6. The van der Waals surface area contributed by atoms with E-state index in [0.717, 1.165) is 38.3 Å². The molecule has 6 nitrogen and oxygen atoms in total. The Morgan fingerprint density at radius 1 is 1.00 bits per heavy atom. The summed E-state index contributed by atoms with van der Waals surface area (Å²) in [5, 5.41) is 11.1. The van der Waals surface area contributed by atoms with Crippen LogP contribution in [0.5, 0.6) is 0 Å². The number of carbonyl (C=O) groups excluding carboxylic acids is 1. The van der Waals surface area contributed by atoms with Crippen molar-refractivity contribution in [1.29, 1.82) is 0 Å². The van der Waals surface area contributed by atoms with E-state index in [1.807, 2.05) is 77.6 Å². The van der Waals surface area contributed by atoms with Crippen molar-refractivity contribution in [3.63, 3.8) is 0 Å². The third-order valence-electron chi connectivity index (χ3n) is 5.47. The molecule has 0 saturated carbocycles. The number of aromatic nitrogens is 3. The summed E-state index contributed by atoms with van der Waals surface area (Å²) in [5.41, 5.74) is 5.48. The standard InChI is InChI=1S/C25H20BrN5O/c1-17(32)31-24(14-23(28-31)19-6-5-13-27-15-19)22-16-30(21-7-3-2-4-8-21)29-25(22)18-9-11-20(26)12-10-18/h2-13,15-16,24H,14H2,1H3. The molecule has 3 heterocycles. The van der Waals surface area contributed by atoms with Crippen LogP contribution in [0.1, 0.15) is 30.5 Å². The highest BCUT2D eigenvalue weighted by Crippen LogP contribution is 2.38. The van der Waals surface area contributed by atoms with E-state index in [-0.39, 0.29) is 11.9 Å². The van der Waals surface area contributed by atoms with E-state index in [1.165, 1.54) is 0 Å². The third-order valence-corrected chi connectivity index (χ3v) is 6.00. The molecule has 4 aromatic rings. The van der Waals surface area contributed by atoms with Gasteiger partial charge in [0.1, 0.15) is 0 Å². The van der Waals surface area contributed by atoms with E-state index in [1.54, 1.807) is 24.3 Å². The lowest BCUT2D eigenvalue weighted by Crippen LogP contribution is -2.24. The van der Waals surface area contributed by atoms with Gasteiger partial charge in [0.2, 0.25) is 5.91 Å². The molecule has 0 N–H and O–H groups in total. The fraction of sp³-hybridized carbons (Fsp3) is 0.120. The van der Waals surface area contributed by atoms with Crippen LogP contribution in [0, 0.1) is 0 Å².